The van der Waals surface area contributed by atoms with E-state index in [9.17, 15) is 26.4 Å². The number of nitrogens with two attached hydrogens (primary N) is 1. The Morgan fingerprint density at radius 1 is 1.26 bits per heavy atom. The van der Waals surface area contributed by atoms with Gasteiger partial charge < -0.3 is 5.73 Å². The van der Waals surface area contributed by atoms with Gasteiger partial charge in [0.1, 0.15) is 6.54 Å². The van der Waals surface area contributed by atoms with Gasteiger partial charge in [0.05, 0.1) is 17.5 Å². The number of nitrogens with zero attached hydrogens (tertiary/aromatic N) is 1. The molecule has 1 amide bonds. The molecule has 0 radical (unpaired) electrons. The maximum atomic E-state index is 12.4. The Balaban J connectivity index is 3.15. The van der Waals surface area contributed by atoms with E-state index in [0.717, 1.165) is 30.5 Å². The highest BCUT2D eigenvalue weighted by Crippen LogP contribution is 2.30. The van der Waals surface area contributed by atoms with Gasteiger partial charge in [-0.15, -0.1) is 0 Å². The number of rotatable bonds is 4. The summed E-state index contributed by atoms with van der Waals surface area (Å²) in [6.45, 7) is -0.635. The summed E-state index contributed by atoms with van der Waals surface area (Å²) in [6, 6.07) is 3.39. The van der Waals surface area contributed by atoms with Crippen LogP contribution >= 0.6 is 0 Å². The van der Waals surface area contributed by atoms with Crippen molar-refractivity contribution in [1.29, 1.82) is 0 Å². The summed E-state index contributed by atoms with van der Waals surface area (Å²) in [5.74, 6) is -0.912. The average Bonchev–Trinajstić information content (AvgIpc) is 2.23. The summed E-state index contributed by atoms with van der Waals surface area (Å²) in [4.78, 5) is 10.8. The summed E-state index contributed by atoms with van der Waals surface area (Å²) in [5.41, 5.74) is 3.93. The Morgan fingerprint density at radius 3 is 2.05 bits per heavy atom. The van der Waals surface area contributed by atoms with Gasteiger partial charge in [0.15, 0.2) is 0 Å². The van der Waals surface area contributed by atoms with Crippen molar-refractivity contribution in [3.63, 3.8) is 0 Å². The zero-order valence-corrected chi connectivity index (χ0v) is 10.6. The van der Waals surface area contributed by atoms with Crippen LogP contribution in [-0.4, -0.2) is 27.1 Å². The fourth-order valence-corrected chi connectivity index (χ4v) is 2.22. The number of hydrogen-bond acceptors (Lipinski definition) is 3. The van der Waals surface area contributed by atoms with Crippen molar-refractivity contribution < 1.29 is 26.4 Å². The molecule has 1 rings (SSSR count). The van der Waals surface area contributed by atoms with Crippen LogP contribution in [0.15, 0.2) is 24.3 Å². The highest BCUT2D eigenvalue weighted by molar-refractivity contribution is 7.92. The maximum Gasteiger partial charge on any atom is 0.416 e. The summed E-state index contributed by atoms with van der Waals surface area (Å²) in [6.07, 6.45) is -3.69. The third-order valence-corrected chi connectivity index (χ3v) is 3.32. The number of primary amides is 1. The molecule has 1 aromatic carbocycles. The molecule has 0 aliphatic rings. The van der Waals surface area contributed by atoms with Crippen LogP contribution in [0, 0.1) is 0 Å². The van der Waals surface area contributed by atoms with E-state index in [-0.39, 0.29) is 5.69 Å². The van der Waals surface area contributed by atoms with Crippen molar-refractivity contribution in [2.24, 2.45) is 5.73 Å². The second-order valence-corrected chi connectivity index (χ2v) is 5.69. The first-order valence-corrected chi connectivity index (χ1v) is 6.80. The Morgan fingerprint density at radius 2 is 1.74 bits per heavy atom. The maximum absolute atomic E-state index is 12.4. The number of hydrogen-bond donors (Lipinski definition) is 1. The molecule has 0 aliphatic carbocycles. The molecular formula is C10H11F3N2O3S. The minimum absolute atomic E-state index is 0.0608. The smallest absolute Gasteiger partial charge is 0.368 e. The lowest BCUT2D eigenvalue weighted by Gasteiger charge is -2.21. The van der Waals surface area contributed by atoms with E-state index < -0.39 is 34.2 Å². The molecule has 0 fully saturated rings. The molecule has 19 heavy (non-hydrogen) atoms. The van der Waals surface area contributed by atoms with Crippen LogP contribution in [0.4, 0.5) is 18.9 Å². The molecule has 0 heterocycles. The molecule has 0 aromatic heterocycles. The van der Waals surface area contributed by atoms with Gasteiger partial charge >= 0.3 is 6.18 Å². The fourth-order valence-electron chi connectivity index (χ4n) is 1.36. The van der Waals surface area contributed by atoms with Crippen LogP contribution in [-0.2, 0) is 21.0 Å². The lowest BCUT2D eigenvalue weighted by Crippen LogP contribution is -2.37. The minimum Gasteiger partial charge on any atom is -0.368 e. The van der Waals surface area contributed by atoms with E-state index in [1.165, 1.54) is 0 Å². The number of anilines is 1. The van der Waals surface area contributed by atoms with Crippen molar-refractivity contribution in [1.82, 2.24) is 0 Å². The lowest BCUT2D eigenvalue weighted by molar-refractivity contribution is -0.137. The molecule has 0 aliphatic heterocycles. The number of carbonyl (C=O) groups excluding carboxylic acids is 1. The molecule has 1 aromatic rings. The second kappa shape index (κ2) is 5.08. The van der Waals surface area contributed by atoms with Crippen LogP contribution in [0.25, 0.3) is 0 Å². The number of benzene rings is 1. The summed E-state index contributed by atoms with van der Waals surface area (Å²) >= 11 is 0. The van der Waals surface area contributed by atoms with E-state index in [4.69, 9.17) is 5.73 Å². The summed E-state index contributed by atoms with van der Waals surface area (Å²) in [5, 5.41) is 0. The molecule has 0 spiro atoms. The Kier molecular flexibility index (Phi) is 4.09. The van der Waals surface area contributed by atoms with Gasteiger partial charge in [-0.1, -0.05) is 0 Å². The van der Waals surface area contributed by atoms with Crippen molar-refractivity contribution in [2.45, 2.75) is 6.18 Å². The standard InChI is InChI=1S/C10H11F3N2O3S/c1-19(17,18)15(6-9(14)16)8-4-2-7(3-5-8)10(11,12)13/h2-5H,6H2,1H3,(H2,14,16). The summed E-state index contributed by atoms with van der Waals surface area (Å²) in [7, 11) is -3.81. The topological polar surface area (TPSA) is 80.5 Å². The molecule has 0 atom stereocenters. The van der Waals surface area contributed by atoms with Crippen molar-refractivity contribution in [3.05, 3.63) is 29.8 Å². The van der Waals surface area contributed by atoms with Gasteiger partial charge in [-0.3, -0.25) is 9.10 Å². The number of carbonyl (C=O) groups is 1. The number of sulfonamides is 1. The number of halogens is 3. The predicted octanol–water partition coefficient (Wildman–Crippen LogP) is 0.957. The number of alkyl halides is 3. The fraction of sp³-hybridized carbons (Fsp3) is 0.300. The Hall–Kier alpha value is -1.77. The van der Waals surface area contributed by atoms with Gasteiger partial charge in [0.25, 0.3) is 0 Å². The third kappa shape index (κ3) is 4.12. The van der Waals surface area contributed by atoms with Crippen molar-refractivity contribution >= 4 is 21.6 Å². The molecule has 0 bridgehead atoms. The average molecular weight is 296 g/mol. The van der Waals surface area contributed by atoms with E-state index >= 15 is 0 Å². The monoisotopic (exact) mass is 296 g/mol. The largest absolute Gasteiger partial charge is 0.416 e. The van der Waals surface area contributed by atoms with Crippen molar-refractivity contribution in [2.75, 3.05) is 17.1 Å². The molecule has 5 nitrogen and oxygen atoms in total. The highest BCUT2D eigenvalue weighted by Gasteiger charge is 2.30. The summed E-state index contributed by atoms with van der Waals surface area (Å²) < 4.78 is 60.6. The molecule has 2 N–H and O–H groups in total. The number of amides is 1. The van der Waals surface area contributed by atoms with Gasteiger partial charge in [0, 0.05) is 0 Å². The molecular weight excluding hydrogens is 285 g/mol. The first kappa shape index (κ1) is 15.3. The normalized spacial score (nSPS) is 12.2. The SMILES string of the molecule is CS(=O)(=O)N(CC(N)=O)c1ccc(C(F)(F)F)cc1. The zero-order chi connectivity index (χ0) is 14.8. The first-order valence-electron chi connectivity index (χ1n) is 4.95. The van der Waals surface area contributed by atoms with Crippen molar-refractivity contribution in [3.8, 4) is 0 Å². The van der Waals surface area contributed by atoms with Crippen LogP contribution in [0.5, 0.6) is 0 Å². The third-order valence-electron chi connectivity index (χ3n) is 2.18. The molecule has 106 valence electrons. The van der Waals surface area contributed by atoms with E-state index in [0.29, 0.717) is 4.31 Å². The van der Waals surface area contributed by atoms with Crippen LogP contribution in [0.2, 0.25) is 0 Å². The quantitative estimate of drug-likeness (QED) is 0.898. The lowest BCUT2D eigenvalue weighted by atomic mass is 10.2. The van der Waals surface area contributed by atoms with Gasteiger partial charge in [0.2, 0.25) is 15.9 Å². The molecule has 9 heteroatoms. The van der Waals surface area contributed by atoms with E-state index in [1.807, 2.05) is 0 Å². The molecule has 0 unspecified atom stereocenters. The van der Waals surface area contributed by atoms with Crippen LogP contribution in [0.1, 0.15) is 5.56 Å². The predicted molar refractivity (Wildman–Crippen MR) is 62.8 cm³/mol. The van der Waals surface area contributed by atoms with E-state index in [1.54, 1.807) is 0 Å². The van der Waals surface area contributed by atoms with Crippen LogP contribution in [0.3, 0.4) is 0 Å². The molecule has 0 saturated heterocycles. The minimum atomic E-state index is -4.52. The van der Waals surface area contributed by atoms with Gasteiger partial charge in [-0.2, -0.15) is 13.2 Å². The first-order chi connectivity index (χ1) is 8.51. The van der Waals surface area contributed by atoms with Gasteiger partial charge in [-0.05, 0) is 24.3 Å². The molecule has 0 saturated carbocycles. The van der Waals surface area contributed by atoms with Crippen LogP contribution < -0.4 is 10.0 Å². The Labute approximate surface area is 107 Å². The van der Waals surface area contributed by atoms with E-state index in [2.05, 4.69) is 0 Å². The zero-order valence-electron chi connectivity index (χ0n) is 9.81. The highest BCUT2D eigenvalue weighted by atomic mass is 32.2. The Bertz CT molecular complexity index is 567. The second-order valence-electron chi connectivity index (χ2n) is 3.78. The van der Waals surface area contributed by atoms with Gasteiger partial charge in [-0.25, -0.2) is 8.42 Å².